The molecule has 2 amide bonds. The summed E-state index contributed by atoms with van der Waals surface area (Å²) in [7, 11) is 0. The molecule has 0 bridgehead atoms. The number of amides is 2. The summed E-state index contributed by atoms with van der Waals surface area (Å²) in [5.74, 6) is -9.73. The normalized spacial score (nSPS) is 15.1. The number of phenolic OH excluding ortho intramolecular Hbond substituents is 2. The summed E-state index contributed by atoms with van der Waals surface area (Å²) in [4.78, 5) is 50.3. The fourth-order valence-corrected chi connectivity index (χ4v) is 6.26. The van der Waals surface area contributed by atoms with Gasteiger partial charge >= 0.3 is 24.3 Å². The van der Waals surface area contributed by atoms with Crippen LogP contribution < -0.4 is 10.6 Å². The van der Waals surface area contributed by atoms with E-state index in [0.717, 1.165) is 12.1 Å². The minimum atomic E-state index is -6.21. The van der Waals surface area contributed by atoms with Crippen molar-refractivity contribution in [3.8, 4) is 22.6 Å². The van der Waals surface area contributed by atoms with Gasteiger partial charge in [0.1, 0.15) is 11.5 Å². The lowest BCUT2D eigenvalue weighted by Gasteiger charge is -2.43. The summed E-state index contributed by atoms with van der Waals surface area (Å²) in [6.07, 6.45) is -12.7. The van der Waals surface area contributed by atoms with Gasteiger partial charge in [-0.25, -0.2) is 9.59 Å². The standard InChI is InChI=1S/C37H34F6N2O8/c1-17(2)23-9-5-19(13-29(23)46)20-6-12-28(30(47)14-20)45-32(49)27-16-22(8-11-25(27)34(52)53)35(36(38,39)40,37(41,42)43)21-7-10-24(33(50)51)26(15-21)31(48)44-18(3)4/h5-6,8-18,21,46-47H,7H2,1-4H3,(H,44,48)(H,45,49)(H,50,51)(H,52,53). The van der Waals surface area contributed by atoms with Crippen LogP contribution in [-0.2, 0) is 15.0 Å². The second kappa shape index (κ2) is 14.7. The molecule has 0 saturated heterocycles. The van der Waals surface area contributed by atoms with Crippen LogP contribution in [0.2, 0.25) is 0 Å². The van der Waals surface area contributed by atoms with Crippen molar-refractivity contribution >= 4 is 29.4 Å². The lowest BCUT2D eigenvalue weighted by Crippen LogP contribution is -2.59. The molecular formula is C37H34F6N2O8. The highest BCUT2D eigenvalue weighted by Crippen LogP contribution is 2.59. The molecule has 1 aliphatic carbocycles. The first kappa shape index (κ1) is 40.0. The summed E-state index contributed by atoms with van der Waals surface area (Å²) in [5, 5.41) is 44.8. The Kier molecular flexibility index (Phi) is 11.1. The van der Waals surface area contributed by atoms with Gasteiger partial charge < -0.3 is 31.1 Å². The maximum atomic E-state index is 15.1. The fraction of sp³-hybridized carbons (Fsp3) is 0.297. The van der Waals surface area contributed by atoms with Crippen molar-refractivity contribution < 1.29 is 65.9 Å². The van der Waals surface area contributed by atoms with Crippen LogP contribution in [0.1, 0.15) is 71.9 Å². The Morgan fingerprint density at radius 3 is 1.79 bits per heavy atom. The zero-order valence-corrected chi connectivity index (χ0v) is 28.5. The molecule has 0 aliphatic heterocycles. The molecule has 16 heteroatoms. The number of hydrogen-bond donors (Lipinski definition) is 6. The van der Waals surface area contributed by atoms with Gasteiger partial charge in [-0.05, 0) is 78.8 Å². The van der Waals surface area contributed by atoms with E-state index in [9.17, 15) is 39.6 Å². The van der Waals surface area contributed by atoms with E-state index in [0.29, 0.717) is 28.8 Å². The molecule has 1 aliphatic rings. The van der Waals surface area contributed by atoms with Crippen molar-refractivity contribution in [1.82, 2.24) is 5.32 Å². The van der Waals surface area contributed by atoms with Gasteiger partial charge in [-0.2, -0.15) is 26.3 Å². The van der Waals surface area contributed by atoms with Crippen LogP contribution in [0, 0.1) is 5.92 Å². The summed E-state index contributed by atoms with van der Waals surface area (Å²) >= 11 is 0. The van der Waals surface area contributed by atoms with E-state index >= 15 is 26.3 Å². The number of carboxylic acid groups (broad SMARTS) is 2. The number of aromatic hydroxyl groups is 2. The van der Waals surface area contributed by atoms with E-state index in [-0.39, 0.29) is 35.6 Å². The zero-order chi connectivity index (χ0) is 39.8. The monoisotopic (exact) mass is 748 g/mol. The Morgan fingerprint density at radius 1 is 0.717 bits per heavy atom. The third-order valence-electron chi connectivity index (χ3n) is 8.76. The summed E-state index contributed by atoms with van der Waals surface area (Å²) in [6.45, 7) is 6.59. The van der Waals surface area contributed by atoms with Gasteiger partial charge in [-0.15, -0.1) is 0 Å². The first-order valence-corrected chi connectivity index (χ1v) is 16.0. The second-order valence-electron chi connectivity index (χ2n) is 13.0. The Bertz CT molecular complexity index is 2020. The number of halogens is 6. The molecule has 282 valence electrons. The fourth-order valence-electron chi connectivity index (χ4n) is 6.26. The number of phenols is 2. The first-order chi connectivity index (χ1) is 24.5. The molecule has 53 heavy (non-hydrogen) atoms. The summed E-state index contributed by atoms with van der Waals surface area (Å²) in [5.41, 5.74) is -9.34. The average molecular weight is 749 g/mol. The van der Waals surface area contributed by atoms with Gasteiger partial charge in [0.2, 0.25) is 0 Å². The van der Waals surface area contributed by atoms with Gasteiger partial charge in [-0.1, -0.05) is 50.3 Å². The molecule has 0 radical (unpaired) electrons. The van der Waals surface area contributed by atoms with E-state index in [1.165, 1.54) is 26.0 Å². The van der Waals surface area contributed by atoms with Gasteiger partial charge in [0.25, 0.3) is 11.8 Å². The lowest BCUT2D eigenvalue weighted by atomic mass is 9.65. The minimum Gasteiger partial charge on any atom is -0.508 e. The van der Waals surface area contributed by atoms with Crippen molar-refractivity contribution in [2.45, 2.75) is 63.8 Å². The van der Waals surface area contributed by atoms with Crippen LogP contribution in [0.25, 0.3) is 11.1 Å². The molecule has 10 nitrogen and oxygen atoms in total. The Balaban J connectivity index is 1.85. The number of aliphatic carboxylic acids is 1. The van der Waals surface area contributed by atoms with Crippen LogP contribution in [0.15, 0.2) is 77.9 Å². The molecule has 3 aromatic carbocycles. The molecule has 4 rings (SSSR count). The van der Waals surface area contributed by atoms with Crippen molar-refractivity contribution in [3.63, 3.8) is 0 Å². The summed E-state index contributed by atoms with van der Waals surface area (Å²) in [6, 6.07) is 8.54. The van der Waals surface area contributed by atoms with E-state index in [1.54, 1.807) is 12.1 Å². The van der Waals surface area contributed by atoms with Crippen molar-refractivity contribution in [3.05, 3.63) is 100 Å². The van der Waals surface area contributed by atoms with E-state index < -0.39 is 93.5 Å². The molecule has 0 fully saturated rings. The van der Waals surface area contributed by atoms with Gasteiger partial charge in [0.05, 0.1) is 22.4 Å². The Labute approximate surface area is 298 Å². The van der Waals surface area contributed by atoms with Crippen molar-refractivity contribution in [2.24, 2.45) is 5.92 Å². The number of nitrogens with one attached hydrogen (secondary N) is 2. The third kappa shape index (κ3) is 7.71. The first-order valence-electron chi connectivity index (χ1n) is 16.0. The second-order valence-corrected chi connectivity index (χ2v) is 13.0. The third-order valence-corrected chi connectivity index (χ3v) is 8.76. The Morgan fingerprint density at radius 2 is 1.30 bits per heavy atom. The highest BCUT2D eigenvalue weighted by Gasteiger charge is 2.74. The number of rotatable bonds is 10. The molecule has 0 aromatic heterocycles. The number of anilines is 1. The smallest absolute Gasteiger partial charge is 0.407 e. The van der Waals surface area contributed by atoms with E-state index in [1.807, 2.05) is 13.8 Å². The molecule has 0 spiro atoms. The van der Waals surface area contributed by atoms with Gasteiger partial charge in [0, 0.05) is 17.5 Å². The number of carboxylic acids is 2. The quantitative estimate of drug-likeness (QED) is 0.0905. The number of hydrogen-bond acceptors (Lipinski definition) is 6. The number of alkyl halides is 6. The molecule has 1 atom stereocenters. The van der Waals surface area contributed by atoms with Crippen LogP contribution in [0.5, 0.6) is 11.5 Å². The highest BCUT2D eigenvalue weighted by molar-refractivity contribution is 6.11. The SMILES string of the molecule is CC(C)NC(=O)C1=CC(C(c2ccc(C(=O)O)c(C(=O)Nc3ccc(-c4ccc(C(C)C)c(O)c4)cc3O)c2)(C(F)(F)F)C(F)(F)F)CC=C1C(=O)O. The molecular weight excluding hydrogens is 714 g/mol. The molecule has 0 saturated carbocycles. The molecule has 3 aromatic rings. The van der Waals surface area contributed by atoms with Crippen molar-refractivity contribution in [2.75, 3.05) is 5.32 Å². The van der Waals surface area contributed by atoms with Crippen LogP contribution in [0.3, 0.4) is 0 Å². The predicted octanol–water partition coefficient (Wildman–Crippen LogP) is 7.68. The number of allylic oxidation sites excluding steroid dienone is 2. The average Bonchev–Trinajstić information content (AvgIpc) is 3.03. The van der Waals surface area contributed by atoms with Crippen LogP contribution in [0.4, 0.5) is 32.0 Å². The Hall–Kier alpha value is -5.80. The molecule has 1 unspecified atom stereocenters. The van der Waals surface area contributed by atoms with Gasteiger partial charge in [-0.3, -0.25) is 9.59 Å². The molecule has 0 heterocycles. The summed E-state index contributed by atoms with van der Waals surface area (Å²) < 4.78 is 90.8. The van der Waals surface area contributed by atoms with Crippen molar-refractivity contribution in [1.29, 1.82) is 0 Å². The zero-order valence-electron chi connectivity index (χ0n) is 28.5. The number of benzene rings is 3. The van der Waals surface area contributed by atoms with E-state index in [2.05, 4.69) is 10.6 Å². The highest BCUT2D eigenvalue weighted by atomic mass is 19.4. The van der Waals surface area contributed by atoms with Gasteiger partial charge in [0.15, 0.2) is 5.41 Å². The molecule has 6 N–H and O–H groups in total. The number of carbonyl (C=O) groups excluding carboxylic acids is 2. The van der Waals surface area contributed by atoms with Crippen LogP contribution >= 0.6 is 0 Å². The topological polar surface area (TPSA) is 173 Å². The lowest BCUT2D eigenvalue weighted by molar-refractivity contribution is -0.314. The predicted molar refractivity (Wildman–Crippen MR) is 180 cm³/mol. The minimum absolute atomic E-state index is 0.00360. The number of carbonyl (C=O) groups is 4. The van der Waals surface area contributed by atoms with Crippen LogP contribution in [-0.4, -0.2) is 62.6 Å². The largest absolute Gasteiger partial charge is 0.508 e. The number of aromatic carboxylic acids is 1. The maximum Gasteiger partial charge on any atom is 0.407 e. The van der Waals surface area contributed by atoms with E-state index in [4.69, 9.17) is 0 Å². The maximum absolute atomic E-state index is 15.1.